The van der Waals surface area contributed by atoms with Gasteiger partial charge < -0.3 is 15.2 Å². The first-order valence-corrected chi connectivity index (χ1v) is 5.36. The first-order valence-electron chi connectivity index (χ1n) is 5.36. The van der Waals surface area contributed by atoms with Crippen LogP contribution in [0.1, 0.15) is 5.56 Å². The van der Waals surface area contributed by atoms with E-state index in [2.05, 4.69) is 0 Å². The fraction of sp³-hybridized carbons (Fsp3) is 0.500. The summed E-state index contributed by atoms with van der Waals surface area (Å²) in [7, 11) is 0. The minimum absolute atomic E-state index is 0.0296. The number of nitrogens with two attached hydrogens (primary N) is 1. The summed E-state index contributed by atoms with van der Waals surface area (Å²) in [6, 6.07) is 9.69. The number of hydrogen-bond donors (Lipinski definition) is 1. The third-order valence-electron chi connectivity index (χ3n) is 2.84. The quantitative estimate of drug-likeness (QED) is 0.820. The molecule has 0 amide bonds. The largest absolute Gasteiger partial charge is 0.375 e. The zero-order valence-corrected chi connectivity index (χ0v) is 9.06. The number of benzene rings is 1. The van der Waals surface area contributed by atoms with Crippen LogP contribution in [-0.4, -0.2) is 31.5 Å². The Labute approximate surface area is 94.3 Å². The summed E-state index contributed by atoms with van der Waals surface area (Å²) in [5, 5.41) is 0. The van der Waals surface area contributed by atoms with Crippen molar-refractivity contribution in [3.63, 3.8) is 0 Å². The zero-order valence-electron chi connectivity index (χ0n) is 9.06. The zero-order chi connectivity index (χ0) is 11.4. The highest BCUT2D eigenvalue weighted by atomic mass is 19.1. The topological polar surface area (TPSA) is 44.5 Å². The fourth-order valence-electron chi connectivity index (χ4n) is 1.67. The van der Waals surface area contributed by atoms with Gasteiger partial charge in [0.1, 0.15) is 11.8 Å². The van der Waals surface area contributed by atoms with Crippen molar-refractivity contribution in [1.29, 1.82) is 0 Å². The molecule has 0 aliphatic carbocycles. The lowest BCUT2D eigenvalue weighted by Gasteiger charge is -2.43. The molecule has 1 aliphatic rings. The van der Waals surface area contributed by atoms with Crippen molar-refractivity contribution in [2.24, 2.45) is 5.73 Å². The first kappa shape index (κ1) is 11.5. The lowest BCUT2D eigenvalue weighted by molar-refractivity contribution is -0.242. The molecule has 1 aliphatic heterocycles. The minimum Gasteiger partial charge on any atom is -0.375 e. The van der Waals surface area contributed by atoms with E-state index < -0.39 is 11.8 Å². The Morgan fingerprint density at radius 1 is 1.38 bits per heavy atom. The molecule has 1 atom stereocenters. The van der Waals surface area contributed by atoms with Crippen LogP contribution in [0.4, 0.5) is 4.39 Å². The maximum atomic E-state index is 13.6. The molecule has 1 aromatic carbocycles. The van der Waals surface area contributed by atoms with E-state index in [0.717, 1.165) is 5.56 Å². The second-order valence-electron chi connectivity index (χ2n) is 4.04. The number of alkyl halides is 1. The van der Waals surface area contributed by atoms with E-state index >= 15 is 0 Å². The Bertz CT molecular complexity index is 327. The normalized spacial score (nSPS) is 20.1. The second kappa shape index (κ2) is 4.91. The molecule has 4 heteroatoms. The highest BCUT2D eigenvalue weighted by Gasteiger charge is 2.47. The Morgan fingerprint density at radius 2 is 2.06 bits per heavy atom. The van der Waals surface area contributed by atoms with Crippen LogP contribution >= 0.6 is 0 Å². The summed E-state index contributed by atoms with van der Waals surface area (Å²) in [6.07, 6.45) is -1.16. The Morgan fingerprint density at radius 3 is 2.56 bits per heavy atom. The lowest BCUT2D eigenvalue weighted by Crippen LogP contribution is -2.60. The van der Waals surface area contributed by atoms with E-state index in [-0.39, 0.29) is 19.8 Å². The summed E-state index contributed by atoms with van der Waals surface area (Å²) in [5.41, 5.74) is 5.52. The Hall–Kier alpha value is -0.970. The van der Waals surface area contributed by atoms with E-state index in [0.29, 0.717) is 6.61 Å². The van der Waals surface area contributed by atoms with E-state index in [4.69, 9.17) is 15.2 Å². The molecule has 1 saturated heterocycles. The van der Waals surface area contributed by atoms with Crippen molar-refractivity contribution < 1.29 is 13.9 Å². The standard InChI is InChI=1S/C12H16FNO2/c13-11(6-14)12(8-15-9-12)16-7-10-4-2-1-3-5-10/h1-5,11H,6-9,14H2. The molecule has 88 valence electrons. The predicted octanol–water partition coefficient (Wildman–Crippen LogP) is 1.27. The van der Waals surface area contributed by atoms with E-state index in [9.17, 15) is 4.39 Å². The molecule has 1 fully saturated rings. The predicted molar refractivity (Wildman–Crippen MR) is 58.7 cm³/mol. The number of hydrogen-bond acceptors (Lipinski definition) is 3. The summed E-state index contributed by atoms with van der Waals surface area (Å²) in [4.78, 5) is 0. The fourth-order valence-corrected chi connectivity index (χ4v) is 1.67. The van der Waals surface area contributed by atoms with Gasteiger partial charge in [-0.05, 0) is 5.56 Å². The lowest BCUT2D eigenvalue weighted by atomic mass is 9.95. The van der Waals surface area contributed by atoms with Gasteiger partial charge in [-0.3, -0.25) is 0 Å². The third-order valence-corrected chi connectivity index (χ3v) is 2.84. The van der Waals surface area contributed by atoms with Gasteiger partial charge in [0.05, 0.1) is 19.8 Å². The number of rotatable bonds is 5. The summed E-state index contributed by atoms with van der Waals surface area (Å²) >= 11 is 0. The average molecular weight is 225 g/mol. The molecular formula is C12H16FNO2. The smallest absolute Gasteiger partial charge is 0.147 e. The van der Waals surface area contributed by atoms with Gasteiger partial charge in [-0.1, -0.05) is 30.3 Å². The molecule has 3 nitrogen and oxygen atoms in total. The summed E-state index contributed by atoms with van der Waals surface area (Å²) in [5.74, 6) is 0. The van der Waals surface area contributed by atoms with Crippen molar-refractivity contribution in [3.05, 3.63) is 35.9 Å². The number of halogens is 1. The Kier molecular flexibility index (Phi) is 3.53. The highest BCUT2D eigenvalue weighted by molar-refractivity contribution is 5.14. The summed E-state index contributed by atoms with van der Waals surface area (Å²) < 4.78 is 24.3. The molecule has 0 bridgehead atoms. The van der Waals surface area contributed by atoms with Crippen LogP contribution in [0.2, 0.25) is 0 Å². The molecule has 0 spiro atoms. The molecule has 0 aromatic heterocycles. The summed E-state index contributed by atoms with van der Waals surface area (Å²) in [6.45, 7) is 0.944. The van der Waals surface area contributed by atoms with Gasteiger partial charge >= 0.3 is 0 Å². The first-order chi connectivity index (χ1) is 7.77. The van der Waals surface area contributed by atoms with Crippen LogP contribution < -0.4 is 5.73 Å². The molecule has 1 aromatic rings. The molecule has 0 saturated carbocycles. The van der Waals surface area contributed by atoms with Crippen molar-refractivity contribution in [1.82, 2.24) is 0 Å². The molecule has 2 rings (SSSR count). The number of ether oxygens (including phenoxy) is 2. The van der Waals surface area contributed by atoms with E-state index in [1.54, 1.807) is 0 Å². The second-order valence-corrected chi connectivity index (χ2v) is 4.04. The van der Waals surface area contributed by atoms with Crippen molar-refractivity contribution in [3.8, 4) is 0 Å². The Balaban J connectivity index is 1.93. The van der Waals surface area contributed by atoms with Crippen LogP contribution in [0.3, 0.4) is 0 Å². The maximum absolute atomic E-state index is 13.6. The highest BCUT2D eigenvalue weighted by Crippen LogP contribution is 2.29. The molecular weight excluding hydrogens is 209 g/mol. The maximum Gasteiger partial charge on any atom is 0.147 e. The molecule has 1 unspecified atom stereocenters. The molecule has 1 heterocycles. The van der Waals surface area contributed by atoms with Gasteiger partial charge in [0.15, 0.2) is 0 Å². The van der Waals surface area contributed by atoms with Gasteiger partial charge in [-0.15, -0.1) is 0 Å². The van der Waals surface area contributed by atoms with Crippen molar-refractivity contribution >= 4 is 0 Å². The molecule has 16 heavy (non-hydrogen) atoms. The van der Waals surface area contributed by atoms with Crippen LogP contribution in [0.25, 0.3) is 0 Å². The van der Waals surface area contributed by atoms with Crippen LogP contribution in [0, 0.1) is 0 Å². The van der Waals surface area contributed by atoms with Gasteiger partial charge in [0.2, 0.25) is 0 Å². The van der Waals surface area contributed by atoms with Crippen molar-refractivity contribution in [2.75, 3.05) is 19.8 Å². The van der Waals surface area contributed by atoms with Crippen LogP contribution in [0.5, 0.6) is 0 Å². The van der Waals surface area contributed by atoms with E-state index in [1.807, 2.05) is 30.3 Å². The van der Waals surface area contributed by atoms with Gasteiger partial charge in [0.25, 0.3) is 0 Å². The average Bonchev–Trinajstić information content (AvgIpc) is 2.28. The van der Waals surface area contributed by atoms with Gasteiger partial charge in [0, 0.05) is 6.54 Å². The van der Waals surface area contributed by atoms with Gasteiger partial charge in [-0.25, -0.2) is 4.39 Å². The van der Waals surface area contributed by atoms with Gasteiger partial charge in [-0.2, -0.15) is 0 Å². The third kappa shape index (κ3) is 2.24. The SMILES string of the molecule is NCC(F)C1(OCc2ccccc2)COC1. The van der Waals surface area contributed by atoms with Crippen LogP contribution in [0.15, 0.2) is 30.3 Å². The van der Waals surface area contributed by atoms with E-state index in [1.165, 1.54) is 0 Å². The van der Waals surface area contributed by atoms with Crippen LogP contribution in [-0.2, 0) is 16.1 Å². The molecule has 0 radical (unpaired) electrons. The minimum atomic E-state index is -1.16. The molecule has 2 N–H and O–H groups in total. The van der Waals surface area contributed by atoms with Crippen molar-refractivity contribution in [2.45, 2.75) is 18.4 Å². The monoisotopic (exact) mass is 225 g/mol.